The molecule has 192 valence electrons. The first-order valence-electron chi connectivity index (χ1n) is 12.1. The average molecular weight is 531 g/mol. The highest BCUT2D eigenvalue weighted by Crippen LogP contribution is 2.35. The van der Waals surface area contributed by atoms with Gasteiger partial charge in [0, 0.05) is 32.7 Å². The van der Waals surface area contributed by atoms with E-state index in [2.05, 4.69) is 4.90 Å². The lowest BCUT2D eigenvalue weighted by molar-refractivity contribution is -0.134. The molecule has 0 radical (unpaired) electrons. The number of carbonyl (C=O) groups is 1. The molecule has 0 aliphatic carbocycles. The van der Waals surface area contributed by atoms with Crippen LogP contribution in [0.3, 0.4) is 0 Å². The number of anilines is 1. The molecular formula is C25H30N4O5S2. The Hall–Kier alpha value is -2.89. The molecule has 0 N–H and O–H groups in total. The maximum absolute atomic E-state index is 13.4. The van der Waals surface area contributed by atoms with Crippen molar-refractivity contribution in [1.82, 2.24) is 14.2 Å². The highest BCUT2D eigenvalue weighted by molar-refractivity contribution is 7.89. The minimum absolute atomic E-state index is 0.118. The summed E-state index contributed by atoms with van der Waals surface area (Å²) in [6.45, 7) is 5.23. The van der Waals surface area contributed by atoms with Gasteiger partial charge < -0.3 is 19.3 Å². The first-order chi connectivity index (χ1) is 17.4. The molecule has 2 aliphatic heterocycles. The number of hydrogen-bond acceptors (Lipinski definition) is 8. The molecule has 0 bridgehead atoms. The second-order valence-electron chi connectivity index (χ2n) is 8.79. The van der Waals surface area contributed by atoms with E-state index in [1.54, 1.807) is 28.4 Å². The molecule has 0 saturated carbocycles. The van der Waals surface area contributed by atoms with E-state index < -0.39 is 16.1 Å². The highest BCUT2D eigenvalue weighted by Gasteiger charge is 2.41. The Labute approximate surface area is 215 Å². The Morgan fingerprint density at radius 2 is 1.83 bits per heavy atom. The number of amides is 1. The van der Waals surface area contributed by atoms with Crippen LogP contribution in [0.4, 0.5) is 5.13 Å². The molecule has 1 atom stereocenters. The molecular weight excluding hydrogens is 500 g/mol. The fraction of sp³-hybridized carbons (Fsp3) is 0.440. The predicted molar refractivity (Wildman–Crippen MR) is 139 cm³/mol. The standard InChI is InChI=1S/C25H30N4O5S2/c1-3-34-21-7-4-8-22-23(21)26-25(35-22)28-16-14-27(15-17-28)24(30)20-6-5-13-29(20)36(31,32)19-11-9-18(33-2)10-12-19/h4,7-12,20H,3,5-6,13-17H2,1-2H3. The molecule has 11 heteroatoms. The Kier molecular flexibility index (Phi) is 7.05. The van der Waals surface area contributed by atoms with Crippen molar-refractivity contribution in [1.29, 1.82) is 0 Å². The largest absolute Gasteiger partial charge is 0.497 e. The van der Waals surface area contributed by atoms with E-state index in [1.165, 1.54) is 23.5 Å². The molecule has 1 unspecified atom stereocenters. The third-order valence-corrected chi connectivity index (χ3v) is 9.69. The molecule has 1 aromatic heterocycles. The van der Waals surface area contributed by atoms with Gasteiger partial charge in [-0.1, -0.05) is 17.4 Å². The summed E-state index contributed by atoms with van der Waals surface area (Å²) in [5, 5.41) is 0.911. The zero-order chi connectivity index (χ0) is 25.3. The number of hydrogen-bond donors (Lipinski definition) is 0. The van der Waals surface area contributed by atoms with Crippen molar-refractivity contribution < 1.29 is 22.7 Å². The fourth-order valence-electron chi connectivity index (χ4n) is 4.81. The van der Waals surface area contributed by atoms with Crippen molar-refractivity contribution in [2.45, 2.75) is 30.7 Å². The van der Waals surface area contributed by atoms with Crippen LogP contribution >= 0.6 is 11.3 Å². The van der Waals surface area contributed by atoms with Gasteiger partial charge in [0.25, 0.3) is 0 Å². The summed E-state index contributed by atoms with van der Waals surface area (Å²) in [5.41, 5.74) is 0.864. The Balaban J connectivity index is 1.26. The SMILES string of the molecule is CCOc1cccc2sc(N3CCN(C(=O)C4CCCN4S(=O)(=O)c4ccc(OC)cc4)CC3)nc12. The number of rotatable bonds is 7. The maximum atomic E-state index is 13.4. The minimum Gasteiger partial charge on any atom is -0.497 e. The van der Waals surface area contributed by atoms with Crippen molar-refractivity contribution in [3.05, 3.63) is 42.5 Å². The van der Waals surface area contributed by atoms with Gasteiger partial charge in [-0.15, -0.1) is 0 Å². The van der Waals surface area contributed by atoms with Crippen molar-refractivity contribution in [3.8, 4) is 11.5 Å². The second-order valence-corrected chi connectivity index (χ2v) is 11.7. The normalized spacial score (nSPS) is 19.1. The summed E-state index contributed by atoms with van der Waals surface area (Å²) in [7, 11) is -2.24. The molecule has 2 aliphatic rings. The van der Waals surface area contributed by atoms with Gasteiger partial charge in [0.05, 0.1) is 23.3 Å². The Morgan fingerprint density at radius 1 is 1.08 bits per heavy atom. The van der Waals surface area contributed by atoms with Crippen LogP contribution in [0.1, 0.15) is 19.8 Å². The summed E-state index contributed by atoms with van der Waals surface area (Å²) in [6.07, 6.45) is 1.20. The van der Waals surface area contributed by atoms with Crippen LogP contribution in [-0.2, 0) is 14.8 Å². The number of fused-ring (bicyclic) bond motifs is 1. The highest BCUT2D eigenvalue weighted by atomic mass is 32.2. The van der Waals surface area contributed by atoms with E-state index in [9.17, 15) is 13.2 Å². The van der Waals surface area contributed by atoms with E-state index in [4.69, 9.17) is 14.5 Å². The molecule has 3 heterocycles. The maximum Gasteiger partial charge on any atom is 0.243 e. The van der Waals surface area contributed by atoms with Crippen LogP contribution in [0.5, 0.6) is 11.5 Å². The van der Waals surface area contributed by atoms with Crippen molar-refractivity contribution in [2.75, 3.05) is 51.3 Å². The lowest BCUT2D eigenvalue weighted by Gasteiger charge is -2.37. The average Bonchev–Trinajstić information content (AvgIpc) is 3.57. The molecule has 2 fully saturated rings. The van der Waals surface area contributed by atoms with Gasteiger partial charge in [-0.25, -0.2) is 13.4 Å². The molecule has 5 rings (SSSR count). The predicted octanol–water partition coefficient (Wildman–Crippen LogP) is 3.21. The van der Waals surface area contributed by atoms with Gasteiger partial charge in [-0.2, -0.15) is 4.31 Å². The third kappa shape index (κ3) is 4.62. The van der Waals surface area contributed by atoms with E-state index >= 15 is 0 Å². The monoisotopic (exact) mass is 530 g/mol. The van der Waals surface area contributed by atoms with Gasteiger partial charge in [-0.05, 0) is 56.2 Å². The number of carbonyl (C=O) groups excluding carboxylic acids is 1. The van der Waals surface area contributed by atoms with Crippen molar-refractivity contribution in [2.24, 2.45) is 0 Å². The third-order valence-electron chi connectivity index (χ3n) is 6.69. The van der Waals surface area contributed by atoms with Crippen LogP contribution in [0.25, 0.3) is 10.2 Å². The molecule has 36 heavy (non-hydrogen) atoms. The number of piperazine rings is 1. The quantitative estimate of drug-likeness (QED) is 0.463. The van der Waals surface area contributed by atoms with E-state index in [-0.39, 0.29) is 10.8 Å². The van der Waals surface area contributed by atoms with Gasteiger partial charge in [0.15, 0.2) is 5.13 Å². The molecule has 1 amide bonds. The van der Waals surface area contributed by atoms with Crippen LogP contribution in [0.2, 0.25) is 0 Å². The van der Waals surface area contributed by atoms with Crippen molar-refractivity contribution >= 4 is 42.6 Å². The number of aromatic nitrogens is 1. The first-order valence-corrected chi connectivity index (χ1v) is 14.4. The number of ether oxygens (including phenoxy) is 2. The number of sulfonamides is 1. The molecule has 2 saturated heterocycles. The second kappa shape index (κ2) is 10.2. The molecule has 3 aromatic rings. The zero-order valence-corrected chi connectivity index (χ0v) is 22.1. The first kappa shape index (κ1) is 24.8. The summed E-state index contributed by atoms with van der Waals surface area (Å²) in [6, 6.07) is 11.6. The van der Waals surface area contributed by atoms with Crippen LogP contribution in [0.15, 0.2) is 47.4 Å². The van der Waals surface area contributed by atoms with Crippen LogP contribution in [-0.4, -0.2) is 81.0 Å². The summed E-state index contributed by atoms with van der Waals surface area (Å²) in [4.78, 5) is 22.4. The number of para-hydroxylation sites is 1. The lowest BCUT2D eigenvalue weighted by Crippen LogP contribution is -2.54. The van der Waals surface area contributed by atoms with Crippen molar-refractivity contribution in [3.63, 3.8) is 0 Å². The zero-order valence-electron chi connectivity index (χ0n) is 20.4. The van der Waals surface area contributed by atoms with Crippen LogP contribution in [0, 0.1) is 0 Å². The summed E-state index contributed by atoms with van der Waals surface area (Å²) < 4.78 is 39.9. The van der Waals surface area contributed by atoms with Crippen LogP contribution < -0.4 is 14.4 Å². The topological polar surface area (TPSA) is 92.3 Å². The number of methoxy groups -OCH3 is 1. The van der Waals surface area contributed by atoms with E-state index in [0.29, 0.717) is 57.9 Å². The molecule has 0 spiro atoms. The summed E-state index contributed by atoms with van der Waals surface area (Å²) in [5.74, 6) is 1.25. The number of thiazole rings is 1. The van der Waals surface area contributed by atoms with Gasteiger partial charge in [0.2, 0.25) is 15.9 Å². The minimum atomic E-state index is -3.77. The fourth-order valence-corrected chi connectivity index (χ4v) is 7.49. The van der Waals surface area contributed by atoms with Gasteiger partial charge in [-0.3, -0.25) is 4.79 Å². The smallest absolute Gasteiger partial charge is 0.243 e. The Bertz CT molecular complexity index is 1330. The number of nitrogens with zero attached hydrogens (tertiary/aromatic N) is 4. The van der Waals surface area contributed by atoms with E-state index in [0.717, 1.165) is 21.1 Å². The molecule has 9 nitrogen and oxygen atoms in total. The van der Waals surface area contributed by atoms with Gasteiger partial charge in [0.1, 0.15) is 23.1 Å². The lowest BCUT2D eigenvalue weighted by atomic mass is 10.2. The molecule has 2 aromatic carbocycles. The number of benzene rings is 2. The Morgan fingerprint density at radius 3 is 2.53 bits per heavy atom. The van der Waals surface area contributed by atoms with Gasteiger partial charge >= 0.3 is 0 Å². The van der Waals surface area contributed by atoms with E-state index in [1.807, 2.05) is 25.1 Å². The summed E-state index contributed by atoms with van der Waals surface area (Å²) >= 11 is 1.62.